The van der Waals surface area contributed by atoms with Crippen LogP contribution in [0.4, 0.5) is 5.13 Å². The molecular weight excluding hydrogens is 278 g/mol. The molecule has 0 saturated carbocycles. The Bertz CT molecular complexity index is 430. The molecule has 1 aliphatic rings. The first-order valence-corrected chi connectivity index (χ1v) is 7.61. The first-order chi connectivity index (χ1) is 9.65. The van der Waals surface area contributed by atoms with Gasteiger partial charge in [-0.05, 0) is 12.8 Å². The summed E-state index contributed by atoms with van der Waals surface area (Å²) in [5.74, 6) is -0.123. The van der Waals surface area contributed by atoms with Crippen LogP contribution in [0.1, 0.15) is 18.5 Å². The third-order valence-electron chi connectivity index (χ3n) is 2.95. The van der Waals surface area contributed by atoms with Crippen molar-refractivity contribution in [1.82, 2.24) is 10.3 Å². The Labute approximate surface area is 123 Å². The summed E-state index contributed by atoms with van der Waals surface area (Å²) in [5, 5.41) is 5.68. The van der Waals surface area contributed by atoms with E-state index in [1.807, 2.05) is 24.4 Å². The van der Waals surface area contributed by atoms with Crippen LogP contribution in [-0.2, 0) is 20.8 Å². The first kappa shape index (κ1) is 15.2. The van der Waals surface area contributed by atoms with Crippen molar-refractivity contribution in [1.29, 1.82) is 0 Å². The van der Waals surface area contributed by atoms with Gasteiger partial charge in [0.05, 0.1) is 24.9 Å². The minimum atomic E-state index is -0.123. The Morgan fingerprint density at radius 3 is 3.15 bits per heavy atom. The fraction of sp³-hybridized carbons (Fsp3) is 0.692. The molecule has 0 spiro atoms. The molecule has 1 atom stereocenters. The second-order valence-electron chi connectivity index (χ2n) is 4.94. The Kier molecular flexibility index (Phi) is 5.75. The van der Waals surface area contributed by atoms with Crippen LogP contribution >= 0.6 is 11.3 Å². The third-order valence-corrected chi connectivity index (χ3v) is 4.01. The number of nitrogens with one attached hydrogen (secondary N) is 1. The maximum atomic E-state index is 11.6. The van der Waals surface area contributed by atoms with Crippen LogP contribution in [0.25, 0.3) is 0 Å². The summed E-state index contributed by atoms with van der Waals surface area (Å²) >= 11 is 1.56. The van der Waals surface area contributed by atoms with Crippen molar-refractivity contribution >= 4 is 22.4 Å². The second-order valence-corrected chi connectivity index (χ2v) is 5.78. The van der Waals surface area contributed by atoms with Gasteiger partial charge < -0.3 is 19.7 Å². The van der Waals surface area contributed by atoms with Crippen LogP contribution in [0.15, 0.2) is 5.38 Å². The average Bonchev–Trinajstić information content (AvgIpc) is 3.07. The number of carbonyl (C=O) groups is 1. The maximum absolute atomic E-state index is 11.6. The zero-order valence-electron chi connectivity index (χ0n) is 11.9. The number of hydrogen-bond acceptors (Lipinski definition) is 6. The zero-order valence-corrected chi connectivity index (χ0v) is 12.7. The first-order valence-electron chi connectivity index (χ1n) is 6.73. The molecule has 1 aromatic heterocycles. The molecule has 0 bridgehead atoms. The number of anilines is 1. The highest BCUT2D eigenvalue weighted by Gasteiger charge is 2.15. The number of nitrogens with zero attached hydrogens (tertiary/aromatic N) is 2. The summed E-state index contributed by atoms with van der Waals surface area (Å²) in [5.41, 5.74) is 0.867. The van der Waals surface area contributed by atoms with Crippen LogP contribution < -0.4 is 10.2 Å². The lowest BCUT2D eigenvalue weighted by Crippen LogP contribution is -2.29. The van der Waals surface area contributed by atoms with Gasteiger partial charge in [-0.25, -0.2) is 4.98 Å². The molecule has 1 fully saturated rings. The highest BCUT2D eigenvalue weighted by Crippen LogP contribution is 2.17. The molecular formula is C13H21N3O3S. The number of carbonyl (C=O) groups excluding carboxylic acids is 1. The molecule has 112 valence electrons. The Balaban J connectivity index is 1.61. The molecule has 0 unspecified atom stereocenters. The van der Waals surface area contributed by atoms with Gasteiger partial charge in [-0.1, -0.05) is 0 Å². The topological polar surface area (TPSA) is 63.7 Å². The molecule has 0 aliphatic carbocycles. The summed E-state index contributed by atoms with van der Waals surface area (Å²) < 4.78 is 10.8. The Morgan fingerprint density at radius 2 is 2.50 bits per heavy atom. The van der Waals surface area contributed by atoms with Crippen LogP contribution in [0.2, 0.25) is 0 Å². The number of amides is 1. The molecule has 1 aliphatic heterocycles. The molecule has 2 rings (SSSR count). The fourth-order valence-corrected chi connectivity index (χ4v) is 2.64. The van der Waals surface area contributed by atoms with Gasteiger partial charge in [0.15, 0.2) is 5.13 Å². The number of hydrogen-bond donors (Lipinski definition) is 1. The Morgan fingerprint density at radius 1 is 1.65 bits per heavy atom. The van der Waals surface area contributed by atoms with E-state index in [9.17, 15) is 4.79 Å². The van der Waals surface area contributed by atoms with Crippen LogP contribution in [0, 0.1) is 0 Å². The smallest absolute Gasteiger partial charge is 0.246 e. The predicted molar refractivity (Wildman–Crippen MR) is 78.1 cm³/mol. The van der Waals surface area contributed by atoms with Gasteiger partial charge in [0.25, 0.3) is 0 Å². The predicted octanol–water partition coefficient (Wildman–Crippen LogP) is 1.02. The molecule has 1 saturated heterocycles. The van der Waals surface area contributed by atoms with E-state index in [-0.39, 0.29) is 18.6 Å². The summed E-state index contributed by atoms with van der Waals surface area (Å²) in [6.45, 7) is 1.81. The van der Waals surface area contributed by atoms with Crippen LogP contribution in [0.5, 0.6) is 0 Å². The molecule has 1 amide bonds. The number of aromatic nitrogens is 1. The van der Waals surface area contributed by atoms with Gasteiger partial charge in [0.1, 0.15) is 6.61 Å². The summed E-state index contributed by atoms with van der Waals surface area (Å²) in [6.07, 6.45) is 2.26. The lowest BCUT2D eigenvalue weighted by Gasteiger charge is -2.10. The van der Waals surface area contributed by atoms with Crippen molar-refractivity contribution in [2.45, 2.75) is 25.5 Å². The molecule has 1 aromatic rings. The lowest BCUT2D eigenvalue weighted by molar-refractivity contribution is -0.127. The van der Waals surface area contributed by atoms with Crippen molar-refractivity contribution in [3.63, 3.8) is 0 Å². The molecule has 6 nitrogen and oxygen atoms in total. The summed E-state index contributed by atoms with van der Waals surface area (Å²) in [7, 11) is 3.89. The molecule has 2 heterocycles. The molecule has 7 heteroatoms. The third kappa shape index (κ3) is 4.73. The van der Waals surface area contributed by atoms with E-state index in [0.29, 0.717) is 13.2 Å². The van der Waals surface area contributed by atoms with E-state index in [0.717, 1.165) is 30.3 Å². The van der Waals surface area contributed by atoms with Gasteiger partial charge >= 0.3 is 0 Å². The highest BCUT2D eigenvalue weighted by atomic mass is 32.1. The van der Waals surface area contributed by atoms with Crippen molar-refractivity contribution in [3.8, 4) is 0 Å². The SMILES string of the molecule is CN(C)c1nc(CNC(=O)COC[C@@H]2CCCO2)cs1. The normalized spacial score (nSPS) is 18.2. The summed E-state index contributed by atoms with van der Waals surface area (Å²) in [4.78, 5) is 18.0. The quantitative estimate of drug-likeness (QED) is 0.814. The fourth-order valence-electron chi connectivity index (χ4n) is 1.88. The van der Waals surface area contributed by atoms with Gasteiger partial charge in [-0.3, -0.25) is 4.79 Å². The van der Waals surface area contributed by atoms with Gasteiger partial charge in [-0.15, -0.1) is 11.3 Å². The van der Waals surface area contributed by atoms with Gasteiger partial charge in [0, 0.05) is 26.1 Å². The maximum Gasteiger partial charge on any atom is 0.246 e. The van der Waals surface area contributed by atoms with Crippen molar-refractivity contribution in [2.75, 3.05) is 38.8 Å². The molecule has 1 N–H and O–H groups in total. The molecule has 0 aromatic carbocycles. The minimum absolute atomic E-state index is 0.0739. The zero-order chi connectivity index (χ0) is 14.4. The van der Waals surface area contributed by atoms with Crippen molar-refractivity contribution in [3.05, 3.63) is 11.1 Å². The van der Waals surface area contributed by atoms with E-state index in [4.69, 9.17) is 9.47 Å². The van der Waals surface area contributed by atoms with E-state index in [1.165, 1.54) is 0 Å². The van der Waals surface area contributed by atoms with Crippen LogP contribution in [0.3, 0.4) is 0 Å². The van der Waals surface area contributed by atoms with Crippen molar-refractivity contribution < 1.29 is 14.3 Å². The minimum Gasteiger partial charge on any atom is -0.376 e. The van der Waals surface area contributed by atoms with E-state index < -0.39 is 0 Å². The van der Waals surface area contributed by atoms with Crippen LogP contribution in [-0.4, -0.2) is 50.9 Å². The highest BCUT2D eigenvalue weighted by molar-refractivity contribution is 7.13. The second kappa shape index (κ2) is 7.56. The van der Waals surface area contributed by atoms with E-state index in [1.54, 1.807) is 11.3 Å². The monoisotopic (exact) mass is 299 g/mol. The molecule has 20 heavy (non-hydrogen) atoms. The molecule has 0 radical (unpaired) electrons. The largest absolute Gasteiger partial charge is 0.376 e. The average molecular weight is 299 g/mol. The number of rotatable bonds is 7. The van der Waals surface area contributed by atoms with Gasteiger partial charge in [0.2, 0.25) is 5.91 Å². The van der Waals surface area contributed by atoms with Crippen molar-refractivity contribution in [2.24, 2.45) is 0 Å². The number of ether oxygens (including phenoxy) is 2. The Hall–Kier alpha value is -1.18. The summed E-state index contributed by atoms with van der Waals surface area (Å²) in [6, 6.07) is 0. The lowest BCUT2D eigenvalue weighted by atomic mass is 10.2. The standard InChI is InChI=1S/C13H21N3O3S/c1-16(2)13-15-10(9-20-13)6-14-12(17)8-18-7-11-4-3-5-19-11/h9,11H,3-8H2,1-2H3,(H,14,17)/t11-/m0/s1. The number of thiazole rings is 1. The van der Waals surface area contributed by atoms with E-state index >= 15 is 0 Å². The van der Waals surface area contributed by atoms with E-state index in [2.05, 4.69) is 10.3 Å². The van der Waals surface area contributed by atoms with Gasteiger partial charge in [-0.2, -0.15) is 0 Å².